The number of carbonyl (C=O) groups is 1. The third-order valence-corrected chi connectivity index (χ3v) is 5.86. The summed E-state index contributed by atoms with van der Waals surface area (Å²) in [6, 6.07) is 14.5. The standard InChI is InChI=1S/C18H20N2OS2/c21-18(9-11-22-13-14-5-3-4-10-19-14)20-16-8-12-23-17-7-2-1-6-15(16)17/h1-7,10,16H,8-9,11-13H2,(H,20,21). The highest BCUT2D eigenvalue weighted by molar-refractivity contribution is 7.99. The molecule has 1 N–H and O–H groups in total. The number of rotatable bonds is 6. The van der Waals surface area contributed by atoms with E-state index in [1.165, 1.54) is 10.5 Å². The number of amides is 1. The van der Waals surface area contributed by atoms with Crippen LogP contribution in [0.4, 0.5) is 0 Å². The van der Waals surface area contributed by atoms with Crippen LogP contribution in [0.1, 0.15) is 30.1 Å². The van der Waals surface area contributed by atoms with Gasteiger partial charge in [-0.3, -0.25) is 9.78 Å². The van der Waals surface area contributed by atoms with Gasteiger partial charge in [0, 0.05) is 34.8 Å². The van der Waals surface area contributed by atoms with Gasteiger partial charge in [0.2, 0.25) is 5.91 Å². The van der Waals surface area contributed by atoms with Gasteiger partial charge in [0.05, 0.1) is 11.7 Å². The van der Waals surface area contributed by atoms with Crippen LogP contribution in [-0.4, -0.2) is 22.4 Å². The molecule has 1 unspecified atom stereocenters. The molecule has 120 valence electrons. The Kier molecular flexibility index (Phi) is 6.00. The summed E-state index contributed by atoms with van der Waals surface area (Å²) in [6.07, 6.45) is 3.37. The topological polar surface area (TPSA) is 42.0 Å². The molecule has 3 nitrogen and oxygen atoms in total. The lowest BCUT2D eigenvalue weighted by Gasteiger charge is -2.25. The monoisotopic (exact) mass is 344 g/mol. The quantitative estimate of drug-likeness (QED) is 0.803. The normalized spacial score (nSPS) is 16.6. The van der Waals surface area contributed by atoms with Crippen LogP contribution in [0, 0.1) is 0 Å². The van der Waals surface area contributed by atoms with E-state index in [0.717, 1.165) is 29.4 Å². The predicted molar refractivity (Wildman–Crippen MR) is 97.7 cm³/mol. The van der Waals surface area contributed by atoms with E-state index in [4.69, 9.17) is 0 Å². The predicted octanol–water partition coefficient (Wildman–Crippen LogP) is 4.06. The molecule has 1 aliphatic heterocycles. The van der Waals surface area contributed by atoms with Gasteiger partial charge in [-0.15, -0.1) is 11.8 Å². The van der Waals surface area contributed by atoms with Gasteiger partial charge in [0.15, 0.2) is 0 Å². The molecule has 2 aromatic rings. The van der Waals surface area contributed by atoms with Crippen LogP contribution >= 0.6 is 23.5 Å². The Morgan fingerprint density at radius 1 is 1.26 bits per heavy atom. The zero-order valence-electron chi connectivity index (χ0n) is 12.9. The third-order valence-electron chi connectivity index (χ3n) is 3.74. The van der Waals surface area contributed by atoms with E-state index >= 15 is 0 Å². The van der Waals surface area contributed by atoms with Gasteiger partial charge in [-0.05, 0) is 30.2 Å². The van der Waals surface area contributed by atoms with E-state index in [1.54, 1.807) is 18.0 Å². The number of carbonyl (C=O) groups excluding carboxylic acids is 1. The minimum atomic E-state index is 0.144. The molecule has 23 heavy (non-hydrogen) atoms. The van der Waals surface area contributed by atoms with E-state index in [2.05, 4.69) is 28.5 Å². The Balaban J connectivity index is 1.43. The van der Waals surface area contributed by atoms with Crippen LogP contribution in [-0.2, 0) is 10.5 Å². The number of fused-ring (bicyclic) bond motifs is 1. The largest absolute Gasteiger partial charge is 0.349 e. The Hall–Kier alpha value is -1.46. The fraction of sp³-hybridized carbons (Fsp3) is 0.333. The Bertz CT molecular complexity index is 648. The van der Waals surface area contributed by atoms with Gasteiger partial charge < -0.3 is 5.32 Å². The fourth-order valence-corrected chi connectivity index (χ4v) is 4.56. The van der Waals surface area contributed by atoms with E-state index < -0.39 is 0 Å². The first-order valence-corrected chi connectivity index (χ1v) is 9.96. The van der Waals surface area contributed by atoms with Crippen LogP contribution in [0.2, 0.25) is 0 Å². The SMILES string of the molecule is O=C(CCSCc1ccccn1)NC1CCSc2ccccc21. The smallest absolute Gasteiger partial charge is 0.221 e. The van der Waals surface area contributed by atoms with Crippen molar-refractivity contribution in [2.45, 2.75) is 29.5 Å². The van der Waals surface area contributed by atoms with Crippen LogP contribution in [0.3, 0.4) is 0 Å². The first kappa shape index (κ1) is 16.4. The Morgan fingerprint density at radius 2 is 2.13 bits per heavy atom. The lowest BCUT2D eigenvalue weighted by Crippen LogP contribution is -2.30. The van der Waals surface area contributed by atoms with Crippen LogP contribution in [0.5, 0.6) is 0 Å². The molecule has 0 bridgehead atoms. The molecular formula is C18H20N2OS2. The summed E-state index contributed by atoms with van der Waals surface area (Å²) in [6.45, 7) is 0. The number of aromatic nitrogens is 1. The molecule has 3 rings (SSSR count). The maximum Gasteiger partial charge on any atom is 0.221 e. The molecule has 0 radical (unpaired) electrons. The van der Waals surface area contributed by atoms with E-state index in [9.17, 15) is 4.79 Å². The molecule has 0 aliphatic carbocycles. The molecule has 1 aliphatic rings. The van der Waals surface area contributed by atoms with Crippen molar-refractivity contribution < 1.29 is 4.79 Å². The molecule has 0 spiro atoms. The van der Waals surface area contributed by atoms with Crippen molar-refractivity contribution in [1.29, 1.82) is 0 Å². The van der Waals surface area contributed by atoms with Gasteiger partial charge >= 0.3 is 0 Å². The minimum Gasteiger partial charge on any atom is -0.349 e. The molecule has 0 fully saturated rings. The number of nitrogens with one attached hydrogen (secondary N) is 1. The number of thioether (sulfide) groups is 2. The first-order chi connectivity index (χ1) is 11.3. The lowest BCUT2D eigenvalue weighted by molar-refractivity contribution is -0.121. The summed E-state index contributed by atoms with van der Waals surface area (Å²) in [7, 11) is 0. The summed E-state index contributed by atoms with van der Waals surface area (Å²) in [5, 5.41) is 3.19. The van der Waals surface area contributed by atoms with Gasteiger partial charge in [-0.25, -0.2) is 0 Å². The van der Waals surface area contributed by atoms with Crippen LogP contribution in [0.15, 0.2) is 53.6 Å². The highest BCUT2D eigenvalue weighted by atomic mass is 32.2. The molecule has 2 heterocycles. The molecule has 1 aromatic heterocycles. The van der Waals surface area contributed by atoms with E-state index in [-0.39, 0.29) is 11.9 Å². The van der Waals surface area contributed by atoms with Gasteiger partial charge in [0.1, 0.15) is 0 Å². The van der Waals surface area contributed by atoms with Gasteiger partial charge in [0.25, 0.3) is 0 Å². The Labute approximate surface area is 145 Å². The number of benzene rings is 1. The van der Waals surface area contributed by atoms with Crippen molar-refractivity contribution in [3.05, 3.63) is 59.9 Å². The van der Waals surface area contributed by atoms with Crippen LogP contribution < -0.4 is 5.32 Å². The first-order valence-electron chi connectivity index (χ1n) is 7.81. The van der Waals surface area contributed by atoms with Crippen molar-refractivity contribution >= 4 is 29.4 Å². The number of nitrogens with zero attached hydrogens (tertiary/aromatic N) is 1. The van der Waals surface area contributed by atoms with Crippen molar-refractivity contribution in [2.24, 2.45) is 0 Å². The summed E-state index contributed by atoms with van der Waals surface area (Å²) in [5.74, 6) is 2.89. The zero-order chi connectivity index (χ0) is 15.9. The average molecular weight is 345 g/mol. The highest BCUT2D eigenvalue weighted by Gasteiger charge is 2.21. The molecule has 5 heteroatoms. The van der Waals surface area contributed by atoms with E-state index in [1.807, 2.05) is 36.0 Å². The minimum absolute atomic E-state index is 0.144. The molecule has 0 saturated carbocycles. The van der Waals surface area contributed by atoms with Crippen molar-refractivity contribution in [2.75, 3.05) is 11.5 Å². The highest BCUT2D eigenvalue weighted by Crippen LogP contribution is 2.35. The molecule has 1 aromatic carbocycles. The molecule has 1 atom stereocenters. The number of hydrogen-bond acceptors (Lipinski definition) is 4. The second-order valence-corrected chi connectivity index (χ2v) is 7.66. The maximum atomic E-state index is 12.2. The van der Waals surface area contributed by atoms with Crippen molar-refractivity contribution in [1.82, 2.24) is 10.3 Å². The summed E-state index contributed by atoms with van der Waals surface area (Å²) in [5.41, 5.74) is 2.33. The van der Waals surface area contributed by atoms with Gasteiger partial charge in [-0.1, -0.05) is 24.3 Å². The average Bonchev–Trinajstić information content (AvgIpc) is 2.60. The fourth-order valence-electron chi connectivity index (χ4n) is 2.58. The van der Waals surface area contributed by atoms with Crippen LogP contribution in [0.25, 0.3) is 0 Å². The Morgan fingerprint density at radius 3 is 3.00 bits per heavy atom. The summed E-state index contributed by atoms with van der Waals surface area (Å²) < 4.78 is 0. The second kappa shape index (κ2) is 8.41. The maximum absolute atomic E-state index is 12.2. The molecular weight excluding hydrogens is 324 g/mol. The summed E-state index contributed by atoms with van der Waals surface area (Å²) in [4.78, 5) is 17.8. The van der Waals surface area contributed by atoms with E-state index in [0.29, 0.717) is 6.42 Å². The van der Waals surface area contributed by atoms with Crippen molar-refractivity contribution in [3.63, 3.8) is 0 Å². The molecule has 0 saturated heterocycles. The molecule has 1 amide bonds. The van der Waals surface area contributed by atoms with Crippen molar-refractivity contribution in [3.8, 4) is 0 Å². The lowest BCUT2D eigenvalue weighted by atomic mass is 10.0. The van der Waals surface area contributed by atoms with Gasteiger partial charge in [-0.2, -0.15) is 11.8 Å². The zero-order valence-corrected chi connectivity index (χ0v) is 14.5. The summed E-state index contributed by atoms with van der Waals surface area (Å²) >= 11 is 3.63. The second-order valence-electron chi connectivity index (χ2n) is 5.42. The number of pyridine rings is 1. The number of hydrogen-bond donors (Lipinski definition) is 1. The third kappa shape index (κ3) is 4.75.